The predicted octanol–water partition coefficient (Wildman–Crippen LogP) is 2.63. The number of carbonyl (C=O) groups is 1. The SMILES string of the molecule is O=C(CCc1nnc(-c2ccsc2)o1)NCc1ccnc(-n2ccnc2)c1. The largest absolute Gasteiger partial charge is 0.421 e. The van der Waals surface area contributed by atoms with Crippen LogP contribution in [-0.4, -0.2) is 30.6 Å². The molecule has 4 rings (SSSR count). The second-order valence-electron chi connectivity index (χ2n) is 5.78. The second-order valence-corrected chi connectivity index (χ2v) is 6.56. The fourth-order valence-electron chi connectivity index (χ4n) is 2.47. The Labute approximate surface area is 158 Å². The third-order valence-electron chi connectivity index (χ3n) is 3.87. The zero-order valence-corrected chi connectivity index (χ0v) is 15.1. The van der Waals surface area contributed by atoms with E-state index in [0.29, 0.717) is 24.7 Å². The molecule has 1 amide bonds. The van der Waals surface area contributed by atoms with E-state index in [4.69, 9.17) is 4.42 Å². The van der Waals surface area contributed by atoms with Crippen LogP contribution in [0.25, 0.3) is 17.3 Å². The Balaban J connectivity index is 1.28. The molecule has 8 nitrogen and oxygen atoms in total. The molecule has 136 valence electrons. The van der Waals surface area contributed by atoms with Crippen molar-refractivity contribution in [1.82, 2.24) is 30.0 Å². The first-order valence-corrected chi connectivity index (χ1v) is 9.27. The molecule has 4 heterocycles. The van der Waals surface area contributed by atoms with Gasteiger partial charge in [-0.15, -0.1) is 10.2 Å². The summed E-state index contributed by atoms with van der Waals surface area (Å²) in [6.07, 6.45) is 7.59. The summed E-state index contributed by atoms with van der Waals surface area (Å²) in [5.74, 6) is 1.62. The van der Waals surface area contributed by atoms with Crippen molar-refractivity contribution in [1.29, 1.82) is 0 Å². The minimum atomic E-state index is -0.0775. The van der Waals surface area contributed by atoms with E-state index in [-0.39, 0.29) is 12.3 Å². The number of thiophene rings is 1. The van der Waals surface area contributed by atoms with E-state index in [1.54, 1.807) is 30.1 Å². The Bertz CT molecular complexity index is 1010. The smallest absolute Gasteiger partial charge is 0.248 e. The van der Waals surface area contributed by atoms with Crippen LogP contribution in [0.4, 0.5) is 0 Å². The monoisotopic (exact) mass is 380 g/mol. The van der Waals surface area contributed by atoms with Crippen LogP contribution in [0.1, 0.15) is 17.9 Å². The van der Waals surface area contributed by atoms with Crippen molar-refractivity contribution in [2.75, 3.05) is 0 Å². The fourth-order valence-corrected chi connectivity index (χ4v) is 3.10. The van der Waals surface area contributed by atoms with E-state index in [0.717, 1.165) is 16.9 Å². The molecule has 0 aliphatic heterocycles. The van der Waals surface area contributed by atoms with Crippen molar-refractivity contribution in [3.05, 3.63) is 65.3 Å². The summed E-state index contributed by atoms with van der Waals surface area (Å²) < 4.78 is 7.40. The lowest BCUT2D eigenvalue weighted by molar-refractivity contribution is -0.121. The maximum atomic E-state index is 12.1. The van der Waals surface area contributed by atoms with Crippen molar-refractivity contribution in [3.63, 3.8) is 0 Å². The standard InChI is InChI=1S/C18H16N6O2S/c25-16(1-2-17-22-23-18(26-17)14-4-8-27-11-14)21-10-13-3-5-20-15(9-13)24-7-6-19-12-24/h3-9,11-12H,1-2,10H2,(H,21,25). The molecule has 4 aromatic rings. The lowest BCUT2D eigenvalue weighted by Crippen LogP contribution is -2.23. The lowest BCUT2D eigenvalue weighted by atomic mass is 10.2. The molecule has 0 bridgehead atoms. The van der Waals surface area contributed by atoms with Crippen molar-refractivity contribution >= 4 is 17.2 Å². The van der Waals surface area contributed by atoms with Gasteiger partial charge in [0, 0.05) is 48.9 Å². The van der Waals surface area contributed by atoms with Gasteiger partial charge in [-0.25, -0.2) is 9.97 Å². The van der Waals surface area contributed by atoms with Crippen LogP contribution >= 0.6 is 11.3 Å². The molecule has 0 aromatic carbocycles. The van der Waals surface area contributed by atoms with E-state index in [9.17, 15) is 4.79 Å². The second kappa shape index (κ2) is 7.92. The minimum Gasteiger partial charge on any atom is -0.421 e. The molecule has 1 N–H and O–H groups in total. The maximum Gasteiger partial charge on any atom is 0.248 e. The molecule has 4 aromatic heterocycles. The number of hydrogen-bond donors (Lipinski definition) is 1. The van der Waals surface area contributed by atoms with Crippen LogP contribution in [-0.2, 0) is 17.8 Å². The highest BCUT2D eigenvalue weighted by Crippen LogP contribution is 2.20. The van der Waals surface area contributed by atoms with Gasteiger partial charge >= 0.3 is 0 Å². The summed E-state index contributed by atoms with van der Waals surface area (Å²) in [4.78, 5) is 20.4. The topological polar surface area (TPSA) is 98.7 Å². The number of aromatic nitrogens is 5. The summed E-state index contributed by atoms with van der Waals surface area (Å²) in [6.45, 7) is 0.424. The zero-order valence-electron chi connectivity index (χ0n) is 14.3. The Morgan fingerprint density at radius 1 is 1.26 bits per heavy atom. The molecule has 0 radical (unpaired) electrons. The van der Waals surface area contributed by atoms with E-state index in [1.165, 1.54) is 0 Å². The molecular formula is C18H16N6O2S. The number of imidazole rings is 1. The lowest BCUT2D eigenvalue weighted by Gasteiger charge is -2.06. The number of hydrogen-bond acceptors (Lipinski definition) is 7. The number of carbonyl (C=O) groups excluding carboxylic acids is 1. The Morgan fingerprint density at radius 3 is 3.04 bits per heavy atom. The number of pyridine rings is 1. The minimum absolute atomic E-state index is 0.0775. The third kappa shape index (κ3) is 4.26. The molecule has 0 spiro atoms. The van der Waals surface area contributed by atoms with Gasteiger partial charge in [0.05, 0.1) is 0 Å². The van der Waals surface area contributed by atoms with Gasteiger partial charge in [0.1, 0.15) is 12.1 Å². The average Bonchev–Trinajstić information content (AvgIpc) is 3.46. The Hall–Kier alpha value is -3.33. The molecule has 0 fully saturated rings. The first-order chi connectivity index (χ1) is 13.3. The summed E-state index contributed by atoms with van der Waals surface area (Å²) in [7, 11) is 0. The number of aryl methyl sites for hydroxylation is 1. The van der Waals surface area contributed by atoms with E-state index < -0.39 is 0 Å². The van der Waals surface area contributed by atoms with Crippen molar-refractivity contribution in [2.45, 2.75) is 19.4 Å². The Kier molecular flexibility index (Phi) is 5.01. The van der Waals surface area contributed by atoms with Crippen LogP contribution in [0.15, 0.2) is 58.3 Å². The average molecular weight is 380 g/mol. The third-order valence-corrected chi connectivity index (χ3v) is 4.55. The molecule has 0 aliphatic rings. The van der Waals surface area contributed by atoms with Gasteiger partial charge in [-0.1, -0.05) is 0 Å². The van der Waals surface area contributed by atoms with Crippen LogP contribution in [0.3, 0.4) is 0 Å². The molecule has 0 atom stereocenters. The van der Waals surface area contributed by atoms with Gasteiger partial charge in [0.2, 0.25) is 17.7 Å². The van der Waals surface area contributed by atoms with Crippen molar-refractivity contribution < 1.29 is 9.21 Å². The van der Waals surface area contributed by atoms with E-state index in [1.807, 2.05) is 39.7 Å². The number of nitrogens with one attached hydrogen (secondary N) is 1. The molecule has 9 heteroatoms. The number of nitrogens with zero attached hydrogens (tertiary/aromatic N) is 5. The highest BCUT2D eigenvalue weighted by atomic mass is 32.1. The summed E-state index contributed by atoms with van der Waals surface area (Å²) in [6, 6.07) is 5.69. The van der Waals surface area contributed by atoms with Gasteiger partial charge < -0.3 is 9.73 Å². The van der Waals surface area contributed by atoms with Gasteiger partial charge in [-0.05, 0) is 29.1 Å². The van der Waals surface area contributed by atoms with Crippen molar-refractivity contribution in [2.24, 2.45) is 0 Å². The van der Waals surface area contributed by atoms with E-state index >= 15 is 0 Å². The molecule has 0 saturated heterocycles. The van der Waals surface area contributed by atoms with Crippen LogP contribution in [0, 0.1) is 0 Å². The number of rotatable bonds is 7. The normalized spacial score (nSPS) is 10.8. The number of amides is 1. The highest BCUT2D eigenvalue weighted by Gasteiger charge is 2.11. The predicted molar refractivity (Wildman–Crippen MR) is 99.1 cm³/mol. The van der Waals surface area contributed by atoms with Gasteiger partial charge in [0.15, 0.2) is 0 Å². The first-order valence-electron chi connectivity index (χ1n) is 8.33. The molecule has 0 unspecified atom stereocenters. The summed E-state index contributed by atoms with van der Waals surface area (Å²) >= 11 is 1.57. The Morgan fingerprint density at radius 2 is 2.22 bits per heavy atom. The quantitative estimate of drug-likeness (QED) is 0.529. The van der Waals surface area contributed by atoms with Crippen molar-refractivity contribution in [3.8, 4) is 17.3 Å². The zero-order chi connectivity index (χ0) is 18.5. The van der Waals surface area contributed by atoms with E-state index in [2.05, 4.69) is 25.5 Å². The van der Waals surface area contributed by atoms with Gasteiger partial charge in [0.25, 0.3) is 0 Å². The van der Waals surface area contributed by atoms with Gasteiger partial charge in [-0.2, -0.15) is 11.3 Å². The molecule has 27 heavy (non-hydrogen) atoms. The van der Waals surface area contributed by atoms with Crippen LogP contribution in [0.2, 0.25) is 0 Å². The maximum absolute atomic E-state index is 12.1. The first kappa shape index (κ1) is 17.1. The highest BCUT2D eigenvalue weighted by molar-refractivity contribution is 7.08. The fraction of sp³-hybridized carbons (Fsp3) is 0.167. The molecular weight excluding hydrogens is 364 g/mol. The molecule has 0 saturated carbocycles. The van der Waals surface area contributed by atoms with Crippen LogP contribution in [0.5, 0.6) is 0 Å². The summed E-state index contributed by atoms with van der Waals surface area (Å²) in [5, 5.41) is 14.8. The summed E-state index contributed by atoms with van der Waals surface area (Å²) in [5.41, 5.74) is 1.86. The van der Waals surface area contributed by atoms with Crippen LogP contribution < -0.4 is 5.32 Å². The van der Waals surface area contributed by atoms with Gasteiger partial charge in [-0.3, -0.25) is 9.36 Å². The molecule has 0 aliphatic carbocycles.